The SMILES string of the molecule is OCC(O)CO.[Al+3].[Cl-].[Cl-].[Cl-]. The molecule has 0 aromatic rings. The molecule has 0 radical (unpaired) electrons. The van der Waals surface area contributed by atoms with Crippen molar-refractivity contribution in [1.82, 2.24) is 0 Å². The molecule has 0 saturated carbocycles. The number of hydrogen-bond donors (Lipinski definition) is 3. The first-order valence-corrected chi connectivity index (χ1v) is 1.71. The Labute approximate surface area is 89.2 Å². The van der Waals surface area contributed by atoms with Crippen LogP contribution in [0, 0.1) is 0 Å². The normalized spacial score (nSPS) is 6.00. The fourth-order valence-electron chi connectivity index (χ4n) is 0.0577. The molecule has 0 unspecified atom stereocenters. The summed E-state index contributed by atoms with van der Waals surface area (Å²) in [6.07, 6.45) is -0.954. The Balaban J connectivity index is -0.0000000208. The summed E-state index contributed by atoms with van der Waals surface area (Å²) >= 11 is 0. The molecule has 0 saturated heterocycles. The predicted molar refractivity (Wildman–Crippen MR) is 25.9 cm³/mol. The molecule has 0 fully saturated rings. The average molecular weight is 225 g/mol. The van der Waals surface area contributed by atoms with Gasteiger partial charge in [-0.2, -0.15) is 0 Å². The van der Waals surface area contributed by atoms with Gasteiger partial charge >= 0.3 is 17.4 Å². The summed E-state index contributed by atoms with van der Waals surface area (Å²) in [6.45, 7) is -0.729. The average Bonchev–Trinajstić information content (AvgIpc) is 1.65. The summed E-state index contributed by atoms with van der Waals surface area (Å²) in [6, 6.07) is 0. The third kappa shape index (κ3) is 22.8. The standard InChI is InChI=1S/C3H8O3.Al.3ClH/c4-1-3(6)2-5;;;;/h3-6H,1-2H2;;3*1H/q;+3;;;/p-3. The van der Waals surface area contributed by atoms with Crippen LogP contribution in [0.5, 0.6) is 0 Å². The van der Waals surface area contributed by atoms with Gasteiger partial charge < -0.3 is 52.5 Å². The molecule has 0 rings (SSSR count). The Kier molecular flexibility index (Phi) is 67.8. The van der Waals surface area contributed by atoms with Crippen molar-refractivity contribution in [3.63, 3.8) is 0 Å². The van der Waals surface area contributed by atoms with E-state index in [2.05, 4.69) is 0 Å². The molecule has 0 atom stereocenters. The van der Waals surface area contributed by atoms with Gasteiger partial charge in [0.2, 0.25) is 0 Å². The molecular weight excluding hydrogens is 217 g/mol. The van der Waals surface area contributed by atoms with E-state index < -0.39 is 6.10 Å². The van der Waals surface area contributed by atoms with Gasteiger partial charge in [-0.25, -0.2) is 0 Å². The van der Waals surface area contributed by atoms with Crippen molar-refractivity contribution in [3.8, 4) is 0 Å². The van der Waals surface area contributed by atoms with E-state index in [4.69, 9.17) is 15.3 Å². The van der Waals surface area contributed by atoms with E-state index >= 15 is 0 Å². The largest absolute Gasteiger partial charge is 3.00 e. The molecule has 0 aromatic heterocycles. The third-order valence-electron chi connectivity index (χ3n) is 0.421. The number of hydrogen-bond acceptors (Lipinski definition) is 3. The maximum Gasteiger partial charge on any atom is 3.00 e. The van der Waals surface area contributed by atoms with Crippen LogP contribution in [-0.2, 0) is 0 Å². The van der Waals surface area contributed by atoms with E-state index in [0.29, 0.717) is 0 Å². The fraction of sp³-hybridized carbons (Fsp3) is 1.00. The molecule has 0 aliphatic carbocycles. The summed E-state index contributed by atoms with van der Waals surface area (Å²) < 4.78 is 0. The smallest absolute Gasteiger partial charge is 1.00 e. The Morgan fingerprint density at radius 3 is 1.10 bits per heavy atom. The molecule has 10 heavy (non-hydrogen) atoms. The Morgan fingerprint density at radius 2 is 1.10 bits per heavy atom. The van der Waals surface area contributed by atoms with Gasteiger partial charge in [-0.05, 0) is 0 Å². The second-order valence-electron chi connectivity index (χ2n) is 1.02. The maximum absolute atomic E-state index is 8.17. The van der Waals surface area contributed by atoms with Crippen LogP contribution in [0.25, 0.3) is 0 Å². The van der Waals surface area contributed by atoms with Crippen molar-refractivity contribution < 1.29 is 52.5 Å². The van der Waals surface area contributed by atoms with Crippen LogP contribution >= 0.6 is 0 Å². The van der Waals surface area contributed by atoms with Crippen LogP contribution in [0.3, 0.4) is 0 Å². The van der Waals surface area contributed by atoms with E-state index in [1.807, 2.05) is 0 Å². The third-order valence-corrected chi connectivity index (χ3v) is 0.421. The van der Waals surface area contributed by atoms with Crippen LogP contribution in [0.2, 0.25) is 0 Å². The number of aliphatic hydroxyl groups is 3. The van der Waals surface area contributed by atoms with Crippen molar-refractivity contribution in [2.45, 2.75) is 6.10 Å². The second kappa shape index (κ2) is 22.4. The van der Waals surface area contributed by atoms with Gasteiger partial charge in [0.15, 0.2) is 0 Å². The van der Waals surface area contributed by atoms with Crippen LogP contribution < -0.4 is 37.2 Å². The summed E-state index contributed by atoms with van der Waals surface area (Å²) in [5.74, 6) is 0. The summed E-state index contributed by atoms with van der Waals surface area (Å²) in [4.78, 5) is 0. The number of aliphatic hydroxyl groups excluding tert-OH is 3. The molecule has 0 aliphatic heterocycles. The minimum absolute atomic E-state index is 0. The van der Waals surface area contributed by atoms with Crippen LogP contribution in [0.15, 0.2) is 0 Å². The first-order chi connectivity index (χ1) is 2.81. The monoisotopic (exact) mass is 224 g/mol. The zero-order valence-corrected chi connectivity index (χ0v) is 8.47. The molecule has 7 heteroatoms. The molecule has 0 amide bonds. The van der Waals surface area contributed by atoms with E-state index in [-0.39, 0.29) is 67.8 Å². The topological polar surface area (TPSA) is 60.7 Å². The van der Waals surface area contributed by atoms with E-state index in [1.54, 1.807) is 0 Å². The van der Waals surface area contributed by atoms with E-state index in [9.17, 15) is 0 Å². The van der Waals surface area contributed by atoms with Gasteiger partial charge in [-0.15, -0.1) is 0 Å². The van der Waals surface area contributed by atoms with Crippen molar-refractivity contribution in [1.29, 1.82) is 0 Å². The minimum atomic E-state index is -0.954. The Hall–Kier alpha value is 1.28. The van der Waals surface area contributed by atoms with Crippen molar-refractivity contribution in [3.05, 3.63) is 0 Å². The van der Waals surface area contributed by atoms with Crippen molar-refractivity contribution >= 4 is 17.4 Å². The zero-order valence-electron chi connectivity index (χ0n) is 5.04. The fourth-order valence-corrected chi connectivity index (χ4v) is 0.0577. The van der Waals surface area contributed by atoms with E-state index in [0.717, 1.165) is 0 Å². The molecule has 62 valence electrons. The molecule has 0 aromatic carbocycles. The quantitative estimate of drug-likeness (QED) is 0.409. The molecule has 0 heterocycles. The van der Waals surface area contributed by atoms with Gasteiger partial charge in [0.25, 0.3) is 0 Å². The van der Waals surface area contributed by atoms with Crippen LogP contribution in [0.4, 0.5) is 0 Å². The van der Waals surface area contributed by atoms with E-state index in [1.165, 1.54) is 0 Å². The number of rotatable bonds is 2. The summed E-state index contributed by atoms with van der Waals surface area (Å²) in [5.41, 5.74) is 0. The van der Waals surface area contributed by atoms with Crippen molar-refractivity contribution in [2.75, 3.05) is 13.2 Å². The first-order valence-electron chi connectivity index (χ1n) is 1.71. The Bertz CT molecular complexity index is 38.2. The maximum atomic E-state index is 8.17. The van der Waals surface area contributed by atoms with Gasteiger partial charge in [-0.3, -0.25) is 0 Å². The zero-order chi connectivity index (χ0) is 4.99. The first kappa shape index (κ1) is 30.2. The van der Waals surface area contributed by atoms with Crippen molar-refractivity contribution in [2.24, 2.45) is 0 Å². The molecule has 0 bridgehead atoms. The van der Waals surface area contributed by atoms with Gasteiger partial charge in [-0.1, -0.05) is 0 Å². The second-order valence-corrected chi connectivity index (χ2v) is 1.02. The van der Waals surface area contributed by atoms with Gasteiger partial charge in [0.1, 0.15) is 6.10 Å². The van der Waals surface area contributed by atoms with Gasteiger partial charge in [0, 0.05) is 0 Å². The molecule has 0 spiro atoms. The summed E-state index contributed by atoms with van der Waals surface area (Å²) in [7, 11) is 0. The predicted octanol–water partition coefficient (Wildman–Crippen LogP) is -11.0. The molecular formula is C3H8AlCl3O3. The van der Waals surface area contributed by atoms with Crippen LogP contribution in [0.1, 0.15) is 0 Å². The van der Waals surface area contributed by atoms with Gasteiger partial charge in [0.05, 0.1) is 13.2 Å². The summed E-state index contributed by atoms with van der Waals surface area (Å²) in [5, 5.41) is 24.0. The number of halogens is 3. The molecule has 3 nitrogen and oxygen atoms in total. The molecule has 3 N–H and O–H groups in total. The molecule has 0 aliphatic rings. The minimum Gasteiger partial charge on any atom is -1.00 e. The Morgan fingerprint density at radius 1 is 0.900 bits per heavy atom. The van der Waals surface area contributed by atoms with Crippen LogP contribution in [-0.4, -0.2) is 52.0 Å².